The molecule has 4 rings (SSSR count). The van der Waals surface area contributed by atoms with E-state index in [1.54, 1.807) is 12.1 Å². The summed E-state index contributed by atoms with van der Waals surface area (Å²) >= 11 is 3.24. The minimum Gasteiger partial charge on any atom is -0.455 e. The molecule has 0 radical (unpaired) electrons. The Kier molecular flexibility index (Phi) is 2.82. The van der Waals surface area contributed by atoms with Crippen molar-refractivity contribution in [2.75, 3.05) is 0 Å². The Balaban J connectivity index is 2.06. The van der Waals surface area contributed by atoms with E-state index in [2.05, 4.69) is 15.9 Å². The molecule has 1 aromatic heterocycles. The average molecular weight is 341 g/mol. The highest BCUT2D eigenvalue weighted by molar-refractivity contribution is 9.10. The van der Waals surface area contributed by atoms with E-state index >= 15 is 0 Å². The van der Waals surface area contributed by atoms with Crippen LogP contribution in [0.15, 0.2) is 69.6 Å². The monoisotopic (exact) mass is 340 g/mol. The molecule has 3 heteroatoms. The van der Waals surface area contributed by atoms with Crippen molar-refractivity contribution >= 4 is 37.9 Å². The second kappa shape index (κ2) is 4.71. The first-order valence-electron chi connectivity index (χ1n) is 6.60. The van der Waals surface area contributed by atoms with Crippen LogP contribution in [0.25, 0.3) is 33.1 Å². The zero-order valence-corrected chi connectivity index (χ0v) is 12.5. The Morgan fingerprint density at radius 3 is 2.52 bits per heavy atom. The van der Waals surface area contributed by atoms with Gasteiger partial charge in [0.2, 0.25) is 0 Å². The average Bonchev–Trinajstić information content (AvgIpc) is 2.89. The predicted octanol–water partition coefficient (Wildman–Crippen LogP) is 6.15. The molecular weight excluding hydrogens is 331 g/mol. The van der Waals surface area contributed by atoms with Gasteiger partial charge in [0.15, 0.2) is 0 Å². The minimum absolute atomic E-state index is 0.268. The van der Waals surface area contributed by atoms with Crippen molar-refractivity contribution in [1.82, 2.24) is 0 Å². The van der Waals surface area contributed by atoms with Gasteiger partial charge in [-0.25, -0.2) is 4.39 Å². The molecule has 0 aliphatic carbocycles. The highest BCUT2D eigenvalue weighted by Crippen LogP contribution is 2.36. The molecule has 21 heavy (non-hydrogen) atoms. The van der Waals surface area contributed by atoms with Crippen LogP contribution < -0.4 is 0 Å². The van der Waals surface area contributed by atoms with E-state index in [1.807, 2.05) is 42.5 Å². The van der Waals surface area contributed by atoms with Crippen LogP contribution in [0.5, 0.6) is 0 Å². The van der Waals surface area contributed by atoms with E-state index in [0.29, 0.717) is 4.47 Å². The van der Waals surface area contributed by atoms with Gasteiger partial charge in [-0.15, -0.1) is 0 Å². The number of hydrogen-bond donors (Lipinski definition) is 0. The number of rotatable bonds is 1. The van der Waals surface area contributed by atoms with Crippen LogP contribution in [0.3, 0.4) is 0 Å². The fraction of sp³-hybridized carbons (Fsp3) is 0. The number of hydrogen-bond acceptors (Lipinski definition) is 1. The van der Waals surface area contributed by atoms with Crippen LogP contribution in [0.1, 0.15) is 0 Å². The lowest BCUT2D eigenvalue weighted by atomic mass is 10.0. The van der Waals surface area contributed by atoms with Crippen LogP contribution in [0.4, 0.5) is 4.39 Å². The van der Waals surface area contributed by atoms with Gasteiger partial charge in [-0.2, -0.15) is 0 Å². The van der Waals surface area contributed by atoms with Crippen molar-refractivity contribution in [1.29, 1.82) is 0 Å². The molecule has 0 spiro atoms. The number of furan rings is 1. The summed E-state index contributed by atoms with van der Waals surface area (Å²) in [4.78, 5) is 0. The molecule has 0 saturated heterocycles. The lowest BCUT2D eigenvalue weighted by Gasteiger charge is -2.04. The minimum atomic E-state index is -0.268. The van der Waals surface area contributed by atoms with Gasteiger partial charge in [-0.3, -0.25) is 0 Å². The van der Waals surface area contributed by atoms with Crippen molar-refractivity contribution < 1.29 is 8.81 Å². The van der Waals surface area contributed by atoms with Crippen LogP contribution in [-0.4, -0.2) is 0 Å². The lowest BCUT2D eigenvalue weighted by Crippen LogP contribution is -1.82. The maximum absolute atomic E-state index is 13.4. The van der Waals surface area contributed by atoms with Crippen LogP contribution in [0, 0.1) is 5.82 Å². The van der Waals surface area contributed by atoms with Crippen molar-refractivity contribution in [3.8, 4) is 11.1 Å². The SMILES string of the molecule is Fc1ccc(-c2cccc3c2oc2ccccc23)cc1Br. The predicted molar refractivity (Wildman–Crippen MR) is 86.8 cm³/mol. The number of fused-ring (bicyclic) bond motifs is 3. The van der Waals surface area contributed by atoms with Crippen molar-refractivity contribution in [2.45, 2.75) is 0 Å². The Morgan fingerprint density at radius 1 is 0.857 bits per heavy atom. The highest BCUT2D eigenvalue weighted by Gasteiger charge is 2.12. The summed E-state index contributed by atoms with van der Waals surface area (Å²) in [5, 5.41) is 2.17. The number of benzene rings is 3. The van der Waals surface area contributed by atoms with Crippen LogP contribution in [0.2, 0.25) is 0 Å². The molecule has 0 fully saturated rings. The van der Waals surface area contributed by atoms with Crippen molar-refractivity contribution in [3.05, 3.63) is 71.0 Å². The maximum Gasteiger partial charge on any atom is 0.143 e. The molecule has 0 saturated carbocycles. The van der Waals surface area contributed by atoms with Crippen molar-refractivity contribution in [3.63, 3.8) is 0 Å². The van der Waals surface area contributed by atoms with Crippen LogP contribution in [-0.2, 0) is 0 Å². The molecule has 1 heterocycles. The van der Waals surface area contributed by atoms with E-state index in [9.17, 15) is 4.39 Å². The molecule has 3 aromatic carbocycles. The fourth-order valence-corrected chi connectivity index (χ4v) is 3.02. The molecule has 102 valence electrons. The summed E-state index contributed by atoms with van der Waals surface area (Å²) in [6, 6.07) is 19.0. The molecule has 1 nitrogen and oxygen atoms in total. The molecule has 0 aliphatic rings. The maximum atomic E-state index is 13.4. The summed E-state index contributed by atoms with van der Waals surface area (Å²) in [6.45, 7) is 0. The molecule has 0 atom stereocenters. The third-order valence-corrected chi connectivity index (χ3v) is 4.24. The largest absolute Gasteiger partial charge is 0.455 e. The van der Waals surface area contributed by atoms with Crippen molar-refractivity contribution in [2.24, 2.45) is 0 Å². The van der Waals surface area contributed by atoms with Gasteiger partial charge in [0.05, 0.1) is 4.47 Å². The van der Waals surface area contributed by atoms with E-state index in [-0.39, 0.29) is 5.82 Å². The Morgan fingerprint density at radius 2 is 1.67 bits per heavy atom. The first kappa shape index (κ1) is 12.6. The first-order chi connectivity index (χ1) is 10.2. The second-order valence-corrected chi connectivity index (χ2v) is 5.76. The summed E-state index contributed by atoms with van der Waals surface area (Å²) in [5.74, 6) is -0.268. The molecule has 0 bridgehead atoms. The lowest BCUT2D eigenvalue weighted by molar-refractivity contribution is 0.621. The summed E-state index contributed by atoms with van der Waals surface area (Å²) < 4.78 is 19.9. The highest BCUT2D eigenvalue weighted by atomic mass is 79.9. The van der Waals surface area contributed by atoms with E-state index < -0.39 is 0 Å². The van der Waals surface area contributed by atoms with E-state index in [1.165, 1.54) is 6.07 Å². The standard InChI is InChI=1S/C18H10BrFO/c19-15-10-11(8-9-16(15)20)12-5-3-6-14-13-4-1-2-7-17(13)21-18(12)14/h1-10H. The third-order valence-electron chi connectivity index (χ3n) is 3.63. The quantitative estimate of drug-likeness (QED) is 0.404. The molecule has 0 unspecified atom stereocenters. The van der Waals surface area contributed by atoms with Crippen LogP contribution >= 0.6 is 15.9 Å². The molecule has 4 aromatic rings. The van der Waals surface area contributed by atoms with Gasteiger partial charge >= 0.3 is 0 Å². The second-order valence-electron chi connectivity index (χ2n) is 4.91. The fourth-order valence-electron chi connectivity index (χ4n) is 2.64. The molecule has 0 N–H and O–H groups in total. The summed E-state index contributed by atoms with van der Waals surface area (Å²) in [5.41, 5.74) is 3.58. The van der Waals surface area contributed by atoms with E-state index in [0.717, 1.165) is 33.1 Å². The zero-order chi connectivity index (χ0) is 14.4. The topological polar surface area (TPSA) is 13.1 Å². The number of halogens is 2. The summed E-state index contributed by atoms with van der Waals surface area (Å²) in [6.07, 6.45) is 0. The zero-order valence-electron chi connectivity index (χ0n) is 10.9. The number of para-hydroxylation sites is 2. The van der Waals surface area contributed by atoms with Gasteiger partial charge in [0, 0.05) is 16.3 Å². The van der Waals surface area contributed by atoms with Gasteiger partial charge in [0.1, 0.15) is 17.0 Å². The smallest absolute Gasteiger partial charge is 0.143 e. The Labute approximate surface area is 129 Å². The van der Waals surface area contributed by atoms with E-state index in [4.69, 9.17) is 4.42 Å². The molecule has 0 aliphatic heterocycles. The Bertz CT molecular complexity index is 971. The third kappa shape index (κ3) is 1.96. The Hall–Kier alpha value is -2.13. The van der Waals surface area contributed by atoms with Gasteiger partial charge in [-0.05, 0) is 39.7 Å². The molecule has 0 amide bonds. The van der Waals surface area contributed by atoms with Gasteiger partial charge < -0.3 is 4.42 Å². The normalized spacial score (nSPS) is 11.3. The van der Waals surface area contributed by atoms with Gasteiger partial charge in [-0.1, -0.05) is 42.5 Å². The van der Waals surface area contributed by atoms with Gasteiger partial charge in [0.25, 0.3) is 0 Å². The first-order valence-corrected chi connectivity index (χ1v) is 7.39. The summed E-state index contributed by atoms with van der Waals surface area (Å²) in [7, 11) is 0. The molecular formula is C18H10BrFO.